The molecule has 9 rings (SSSR count). The second kappa shape index (κ2) is 9.44. The average Bonchev–Trinajstić information content (AvgIpc) is 3.63. The number of hydrogen-bond acceptors (Lipinski definition) is 1. The Morgan fingerprint density at radius 1 is 0.395 bits per heavy atom. The fraction of sp³-hybridized carbons (Fsp3) is 0. The van der Waals surface area contributed by atoms with Crippen molar-refractivity contribution in [1.29, 1.82) is 0 Å². The summed E-state index contributed by atoms with van der Waals surface area (Å²) in [5.41, 5.74) is 1.86. The van der Waals surface area contributed by atoms with Crippen LogP contribution in [0.4, 0.5) is 0 Å². The molecule has 8 aromatic carbocycles. The first-order valence-electron chi connectivity index (χ1n) is 20.2. The van der Waals surface area contributed by atoms with Gasteiger partial charge in [0.25, 0.3) is 0 Å². The van der Waals surface area contributed by atoms with Gasteiger partial charge in [-0.2, -0.15) is 0 Å². The molecule has 0 saturated carbocycles. The number of benzene rings is 8. The molecular formula is C42H26O. The van der Waals surface area contributed by atoms with Crippen LogP contribution in [0, 0.1) is 0 Å². The van der Waals surface area contributed by atoms with Crippen molar-refractivity contribution in [2.75, 3.05) is 0 Å². The molecule has 0 amide bonds. The first-order valence-corrected chi connectivity index (χ1v) is 13.7. The van der Waals surface area contributed by atoms with Crippen molar-refractivity contribution < 1.29 is 22.2 Å². The molecule has 0 radical (unpaired) electrons. The van der Waals surface area contributed by atoms with Crippen molar-refractivity contribution in [2.24, 2.45) is 0 Å². The van der Waals surface area contributed by atoms with Gasteiger partial charge in [0.05, 0.1) is 17.8 Å². The van der Waals surface area contributed by atoms with Crippen molar-refractivity contribution in [1.82, 2.24) is 0 Å². The zero-order chi connectivity index (χ0) is 39.6. The molecule has 0 saturated heterocycles. The molecule has 1 nitrogen and oxygen atoms in total. The molecule has 43 heavy (non-hydrogen) atoms. The third kappa shape index (κ3) is 3.65. The minimum absolute atomic E-state index is 0.0199. The SMILES string of the molecule is [2H]c1c([2H])c([2H])c2c(oc3c([2H])c(-c4ccccc4)c(-c4c5ccccc5c(-c5c([2H])c([2H])c([2H])c6c([2H])c([2H])c([2H])c([2H])c56)c5ccccc45)c([2H])c32)c1[2H]. The Bertz CT molecular complexity index is 3160. The molecule has 0 atom stereocenters. The van der Waals surface area contributed by atoms with E-state index < -0.39 is 66.5 Å². The third-order valence-corrected chi connectivity index (χ3v) is 7.88. The number of hydrogen-bond donors (Lipinski definition) is 0. The van der Waals surface area contributed by atoms with Gasteiger partial charge in [0.1, 0.15) is 11.2 Å². The van der Waals surface area contributed by atoms with Crippen LogP contribution in [0.15, 0.2) is 162 Å². The largest absolute Gasteiger partial charge is 0.456 e. The van der Waals surface area contributed by atoms with E-state index in [9.17, 15) is 4.11 Å². The smallest absolute Gasteiger partial charge is 0.136 e. The summed E-state index contributed by atoms with van der Waals surface area (Å²) >= 11 is 0. The van der Waals surface area contributed by atoms with Gasteiger partial charge in [0, 0.05) is 10.8 Å². The average molecular weight is 560 g/mol. The van der Waals surface area contributed by atoms with E-state index in [0.717, 1.165) is 0 Å². The Balaban J connectivity index is 1.55. The molecule has 9 aromatic rings. The van der Waals surface area contributed by atoms with Crippen LogP contribution in [-0.4, -0.2) is 0 Å². The molecule has 0 fully saturated rings. The Hall–Kier alpha value is -5.66. The second-order valence-corrected chi connectivity index (χ2v) is 10.2. The highest BCUT2D eigenvalue weighted by Gasteiger charge is 2.21. The first-order chi connectivity index (χ1) is 26.8. The standard InChI is InChI=1S/C42H26O/c1-2-13-28(14-3-1)36-26-40-37(30-18-10-11-24-39(30)43-40)25-38(36)42-34-21-8-6-19-32(34)41(33-20-7-9-22-35(33)42)31-23-12-16-27-15-4-5-17-29(27)31/h1-26H/i4D,5D,10D,11D,12D,15D,16D,17D,18D,23D,24D,25D,26D. The molecule has 1 heteroatoms. The Morgan fingerprint density at radius 3 is 1.70 bits per heavy atom. The van der Waals surface area contributed by atoms with E-state index in [4.69, 9.17) is 18.1 Å². The summed E-state index contributed by atoms with van der Waals surface area (Å²) in [5.74, 6) is 0. The molecule has 200 valence electrons. The highest BCUT2D eigenvalue weighted by molar-refractivity contribution is 6.25. The van der Waals surface area contributed by atoms with Crippen LogP contribution in [0.5, 0.6) is 0 Å². The molecule has 0 aliphatic heterocycles. The Labute approximate surface area is 267 Å². The van der Waals surface area contributed by atoms with Crippen LogP contribution in [0.3, 0.4) is 0 Å². The molecule has 0 aliphatic carbocycles. The van der Waals surface area contributed by atoms with Gasteiger partial charge in [-0.25, -0.2) is 0 Å². The lowest BCUT2D eigenvalue weighted by Gasteiger charge is -2.20. The van der Waals surface area contributed by atoms with E-state index in [2.05, 4.69) is 0 Å². The van der Waals surface area contributed by atoms with E-state index in [1.807, 2.05) is 18.2 Å². The van der Waals surface area contributed by atoms with Gasteiger partial charge in [0.2, 0.25) is 0 Å². The van der Waals surface area contributed by atoms with Gasteiger partial charge in [0.15, 0.2) is 0 Å². The molecule has 0 aliphatic rings. The van der Waals surface area contributed by atoms with Crippen LogP contribution in [0.1, 0.15) is 17.8 Å². The van der Waals surface area contributed by atoms with E-state index >= 15 is 0 Å². The lowest BCUT2D eigenvalue weighted by molar-refractivity contribution is 0.669. The topological polar surface area (TPSA) is 13.1 Å². The van der Waals surface area contributed by atoms with E-state index in [-0.39, 0.29) is 55.9 Å². The van der Waals surface area contributed by atoms with E-state index in [0.29, 0.717) is 43.8 Å². The maximum Gasteiger partial charge on any atom is 0.136 e. The zero-order valence-electron chi connectivity index (χ0n) is 35.4. The monoisotopic (exact) mass is 559 g/mol. The van der Waals surface area contributed by atoms with Gasteiger partial charge < -0.3 is 4.42 Å². The molecule has 0 unspecified atom stereocenters. The number of furan rings is 1. The maximum atomic E-state index is 9.96. The molecule has 0 spiro atoms. The van der Waals surface area contributed by atoms with E-state index in [1.165, 1.54) is 0 Å². The minimum atomic E-state index is -0.557. The molecular weight excluding hydrogens is 520 g/mol. The fourth-order valence-corrected chi connectivity index (χ4v) is 6.07. The van der Waals surface area contributed by atoms with Gasteiger partial charge in [-0.1, -0.05) is 139 Å². The zero-order valence-corrected chi connectivity index (χ0v) is 22.4. The molecule has 1 aromatic heterocycles. The van der Waals surface area contributed by atoms with Gasteiger partial charge in [-0.15, -0.1) is 0 Å². The first kappa shape index (κ1) is 14.5. The number of rotatable bonds is 3. The van der Waals surface area contributed by atoms with Crippen LogP contribution >= 0.6 is 0 Å². The number of fused-ring (bicyclic) bond motifs is 6. The van der Waals surface area contributed by atoms with Crippen molar-refractivity contribution in [3.05, 3.63) is 157 Å². The summed E-state index contributed by atoms with van der Waals surface area (Å²) < 4.78 is 121. The second-order valence-electron chi connectivity index (χ2n) is 10.2. The lowest BCUT2D eigenvalue weighted by atomic mass is 9.82. The predicted octanol–water partition coefficient (Wildman–Crippen LogP) is 12.0. The predicted molar refractivity (Wildman–Crippen MR) is 183 cm³/mol. The van der Waals surface area contributed by atoms with E-state index in [1.54, 1.807) is 60.7 Å². The van der Waals surface area contributed by atoms with Gasteiger partial charge >= 0.3 is 0 Å². The minimum Gasteiger partial charge on any atom is -0.456 e. The Morgan fingerprint density at radius 2 is 0.977 bits per heavy atom. The number of para-hydroxylation sites is 1. The summed E-state index contributed by atoms with van der Waals surface area (Å²) in [6.07, 6.45) is 0. The van der Waals surface area contributed by atoms with Crippen LogP contribution in [0.2, 0.25) is 0 Å². The van der Waals surface area contributed by atoms with Crippen LogP contribution in [-0.2, 0) is 0 Å². The summed E-state index contributed by atoms with van der Waals surface area (Å²) in [4.78, 5) is 0. The van der Waals surface area contributed by atoms with Crippen LogP contribution < -0.4 is 0 Å². The fourth-order valence-electron chi connectivity index (χ4n) is 6.07. The van der Waals surface area contributed by atoms with Crippen molar-refractivity contribution in [3.8, 4) is 33.4 Å². The highest BCUT2D eigenvalue weighted by Crippen LogP contribution is 2.48. The van der Waals surface area contributed by atoms with Crippen molar-refractivity contribution in [3.63, 3.8) is 0 Å². The lowest BCUT2D eigenvalue weighted by Crippen LogP contribution is -1.93. The maximum absolute atomic E-state index is 9.96. The third-order valence-electron chi connectivity index (χ3n) is 7.88. The quantitative estimate of drug-likeness (QED) is 0.196. The highest BCUT2D eigenvalue weighted by atomic mass is 16.3. The summed E-state index contributed by atoms with van der Waals surface area (Å²) in [7, 11) is 0. The Kier molecular flexibility index (Phi) is 3.18. The summed E-state index contributed by atoms with van der Waals surface area (Å²) in [6.45, 7) is 0. The summed E-state index contributed by atoms with van der Waals surface area (Å²) in [6, 6.07) is 17.8. The van der Waals surface area contributed by atoms with Gasteiger partial charge in [-0.05, 0) is 83.8 Å². The van der Waals surface area contributed by atoms with Crippen LogP contribution in [0.25, 0.3) is 87.6 Å². The van der Waals surface area contributed by atoms with Crippen molar-refractivity contribution in [2.45, 2.75) is 0 Å². The molecule has 0 N–H and O–H groups in total. The van der Waals surface area contributed by atoms with Crippen molar-refractivity contribution >= 4 is 54.3 Å². The molecule has 0 bridgehead atoms. The normalized spacial score (nSPS) is 16.0. The van der Waals surface area contributed by atoms with Gasteiger partial charge in [-0.3, -0.25) is 0 Å². The summed E-state index contributed by atoms with van der Waals surface area (Å²) in [5, 5.41) is 1.87. The molecule has 1 heterocycles.